The summed E-state index contributed by atoms with van der Waals surface area (Å²) in [6.07, 6.45) is 0. The zero-order valence-electron chi connectivity index (χ0n) is 18.1. The first-order valence-corrected chi connectivity index (χ1v) is 12.7. The fourth-order valence-electron chi connectivity index (χ4n) is 3.43. The first kappa shape index (κ1) is 24.7. The number of fused-ring (bicyclic) bond motifs is 1. The highest BCUT2D eigenvalue weighted by molar-refractivity contribution is 8.31. The normalized spacial score (nSPS) is 11.5. The summed E-state index contributed by atoms with van der Waals surface area (Å²) in [4.78, 5) is 26.4. The monoisotopic (exact) mass is 514 g/mol. The largest absolute Gasteiger partial charge is 0.361 e. The van der Waals surface area contributed by atoms with E-state index in [-0.39, 0.29) is 18.6 Å². The molecule has 4 rings (SSSR count). The van der Waals surface area contributed by atoms with Crippen molar-refractivity contribution in [1.82, 2.24) is 19.4 Å². The maximum Gasteiger partial charge on any atom is 0.332 e. The fraction of sp³-hybridized carbons (Fsp3) is 0.300. The van der Waals surface area contributed by atoms with Crippen LogP contribution < -0.4 is 11.2 Å². The smallest absolute Gasteiger partial charge is 0.332 e. The van der Waals surface area contributed by atoms with Crippen molar-refractivity contribution in [3.63, 3.8) is 0 Å². The van der Waals surface area contributed by atoms with E-state index in [0.29, 0.717) is 28.1 Å². The topological polar surface area (TPSA) is 130 Å². The molecule has 0 N–H and O–H groups in total. The Balaban J connectivity index is 0.000000555. The molecule has 10 nitrogen and oxygen atoms in total. The van der Waals surface area contributed by atoms with Crippen molar-refractivity contribution in [3.8, 4) is 0 Å². The molecule has 0 unspecified atom stereocenters. The zero-order chi connectivity index (χ0) is 24.5. The number of aromatic nitrogens is 4. The second-order valence-electron chi connectivity index (χ2n) is 7.26. The van der Waals surface area contributed by atoms with Gasteiger partial charge in [0.05, 0.1) is 35.4 Å². The van der Waals surface area contributed by atoms with Crippen molar-refractivity contribution in [2.75, 3.05) is 0 Å². The number of rotatable bonds is 4. The van der Waals surface area contributed by atoms with Gasteiger partial charge in [0.1, 0.15) is 11.5 Å². The van der Waals surface area contributed by atoms with Crippen molar-refractivity contribution in [2.24, 2.45) is 0 Å². The van der Waals surface area contributed by atoms with E-state index in [0.717, 1.165) is 16.8 Å². The number of nitrogens with zero attached hydrogens (tertiary/aromatic N) is 4. The number of para-hydroxylation sites is 1. The molecule has 0 aliphatic rings. The van der Waals surface area contributed by atoms with Crippen LogP contribution in [0.1, 0.15) is 34.0 Å². The predicted molar refractivity (Wildman–Crippen MR) is 123 cm³/mol. The molecule has 0 radical (unpaired) electrons. The molecule has 3 heterocycles. The molecule has 0 saturated heterocycles. The summed E-state index contributed by atoms with van der Waals surface area (Å²) in [6.45, 7) is 7.57. The lowest BCUT2D eigenvalue weighted by atomic mass is 10.1. The van der Waals surface area contributed by atoms with Crippen LogP contribution in [-0.2, 0) is 21.4 Å². The lowest BCUT2D eigenvalue weighted by molar-refractivity contribution is 0.391. The van der Waals surface area contributed by atoms with Gasteiger partial charge in [0.2, 0.25) is 0 Å². The molecule has 3 aromatic heterocycles. The second-order valence-corrected chi connectivity index (χ2v) is 10.9. The Morgan fingerprint density at radius 2 is 1.30 bits per heavy atom. The Morgan fingerprint density at radius 1 is 0.848 bits per heavy atom. The highest BCUT2D eigenvalue weighted by Gasteiger charge is 2.19. The van der Waals surface area contributed by atoms with Crippen LogP contribution >= 0.6 is 21.4 Å². The molecule has 176 valence electrons. The molecule has 0 fully saturated rings. The van der Waals surface area contributed by atoms with Crippen LogP contribution in [-0.4, -0.2) is 27.9 Å². The van der Waals surface area contributed by atoms with E-state index >= 15 is 0 Å². The Bertz CT molecular complexity index is 1500. The number of halogens is 2. The minimum atomic E-state index is -3.72. The van der Waals surface area contributed by atoms with Gasteiger partial charge < -0.3 is 9.05 Å². The van der Waals surface area contributed by atoms with Gasteiger partial charge in [-0.1, -0.05) is 22.4 Å². The first-order chi connectivity index (χ1) is 15.4. The number of aryl methyl sites for hydroxylation is 4. The molecule has 1 aromatic carbocycles. The number of hydrogen-bond donors (Lipinski definition) is 0. The molecule has 0 spiro atoms. The zero-order valence-corrected chi connectivity index (χ0v) is 20.5. The maximum atomic E-state index is 13.3. The van der Waals surface area contributed by atoms with Gasteiger partial charge in [-0.2, -0.15) is 8.42 Å². The summed E-state index contributed by atoms with van der Waals surface area (Å²) in [6, 6.07) is 7.10. The van der Waals surface area contributed by atoms with E-state index < -0.39 is 14.0 Å². The van der Waals surface area contributed by atoms with Crippen molar-refractivity contribution in [2.45, 2.75) is 40.8 Å². The Labute approximate surface area is 197 Å². The molecule has 0 bridgehead atoms. The van der Waals surface area contributed by atoms with Crippen LogP contribution in [0.4, 0.5) is 0 Å². The van der Waals surface area contributed by atoms with Crippen LogP contribution in [0, 0.1) is 27.7 Å². The average Bonchev–Trinajstić information content (AvgIpc) is 3.22. The van der Waals surface area contributed by atoms with Crippen LogP contribution in [0.3, 0.4) is 0 Å². The summed E-state index contributed by atoms with van der Waals surface area (Å²) in [5, 5.41) is 8.36. The van der Waals surface area contributed by atoms with Gasteiger partial charge in [0.15, 0.2) is 0 Å². The van der Waals surface area contributed by atoms with Gasteiger partial charge in [-0.25, -0.2) is 4.79 Å². The molecule has 33 heavy (non-hydrogen) atoms. The van der Waals surface area contributed by atoms with E-state index in [1.165, 1.54) is 4.57 Å². The van der Waals surface area contributed by atoms with Gasteiger partial charge in [0.25, 0.3) is 5.56 Å². The van der Waals surface area contributed by atoms with Crippen molar-refractivity contribution in [3.05, 3.63) is 79.1 Å². The van der Waals surface area contributed by atoms with E-state index in [4.69, 9.17) is 17.5 Å². The highest BCUT2D eigenvalue weighted by atomic mass is 36.0. The summed E-state index contributed by atoms with van der Waals surface area (Å²) in [5.41, 5.74) is 2.78. The summed E-state index contributed by atoms with van der Waals surface area (Å²) in [7, 11) is 4.81. The molecule has 13 heteroatoms. The van der Waals surface area contributed by atoms with Gasteiger partial charge in [-0.3, -0.25) is 13.9 Å². The predicted octanol–water partition coefficient (Wildman–Crippen LogP) is 3.18. The third-order valence-electron chi connectivity index (χ3n) is 5.13. The van der Waals surface area contributed by atoms with Gasteiger partial charge in [-0.15, -0.1) is 0 Å². The first-order valence-electron chi connectivity index (χ1n) is 9.58. The minimum absolute atomic E-state index is 0.102. The van der Waals surface area contributed by atoms with Crippen molar-refractivity contribution in [1.29, 1.82) is 0 Å². The Kier molecular flexibility index (Phi) is 7.15. The van der Waals surface area contributed by atoms with Crippen LogP contribution in [0.15, 0.2) is 42.9 Å². The molecule has 4 aromatic rings. The van der Waals surface area contributed by atoms with Crippen LogP contribution in [0.2, 0.25) is 0 Å². The van der Waals surface area contributed by atoms with E-state index in [9.17, 15) is 9.59 Å². The molecule has 0 aliphatic carbocycles. The third-order valence-corrected chi connectivity index (χ3v) is 5.13. The van der Waals surface area contributed by atoms with E-state index in [1.807, 2.05) is 19.9 Å². The third kappa shape index (κ3) is 5.55. The maximum absolute atomic E-state index is 13.3. The van der Waals surface area contributed by atoms with Gasteiger partial charge in [-0.05, 0) is 39.8 Å². The van der Waals surface area contributed by atoms with Gasteiger partial charge in [0, 0.05) is 32.5 Å². The molecular weight excluding hydrogens is 495 g/mol. The van der Waals surface area contributed by atoms with Crippen LogP contribution in [0.5, 0.6) is 0 Å². The number of hydrogen-bond acceptors (Lipinski definition) is 8. The van der Waals surface area contributed by atoms with Crippen molar-refractivity contribution < 1.29 is 17.5 Å². The lowest BCUT2D eigenvalue weighted by Gasteiger charge is -2.14. The SMILES string of the molecule is Cc1noc(C)c1Cn1c(=O)c2ccccc2n(Cc2c(C)noc2C)c1=O.O=S(=O)(Cl)Cl. The second kappa shape index (κ2) is 9.54. The summed E-state index contributed by atoms with van der Waals surface area (Å²) >= 11 is 0. The Hall–Kier alpha value is -2.89. The summed E-state index contributed by atoms with van der Waals surface area (Å²) < 4.78 is 31.6. The molecule has 0 amide bonds. The standard InChI is InChI=1S/C20H20N4O4.Cl2O2S/c1-11-16(13(3)27-21-11)9-23-18-8-6-5-7-15(18)19(25)24(20(23)26)10-17-12(2)22-28-14(17)4;1-5(2,3)4/h5-8H,9-10H2,1-4H3;. The molecule has 0 aliphatic heterocycles. The molecule has 0 atom stereocenters. The average molecular weight is 515 g/mol. The highest BCUT2D eigenvalue weighted by Crippen LogP contribution is 2.17. The van der Waals surface area contributed by atoms with E-state index in [2.05, 4.69) is 31.7 Å². The molecular formula is C20H20Cl2N4O6S. The fourth-order valence-corrected chi connectivity index (χ4v) is 3.43. The quantitative estimate of drug-likeness (QED) is 0.379. The minimum Gasteiger partial charge on any atom is -0.361 e. The Morgan fingerprint density at radius 3 is 1.76 bits per heavy atom. The lowest BCUT2D eigenvalue weighted by Crippen LogP contribution is -2.40. The van der Waals surface area contributed by atoms with E-state index in [1.54, 1.807) is 36.6 Å². The van der Waals surface area contributed by atoms with Crippen LogP contribution in [0.25, 0.3) is 10.9 Å². The molecule has 0 saturated carbocycles. The van der Waals surface area contributed by atoms with Gasteiger partial charge >= 0.3 is 14.0 Å². The van der Waals surface area contributed by atoms with Crippen molar-refractivity contribution >= 4 is 40.5 Å². The summed E-state index contributed by atoms with van der Waals surface area (Å²) in [5.74, 6) is 1.24. The number of benzene rings is 1.